The molecule has 2 unspecified atom stereocenters. The van der Waals surface area contributed by atoms with E-state index in [9.17, 15) is 4.39 Å². The van der Waals surface area contributed by atoms with Crippen LogP contribution in [0.5, 0.6) is 0 Å². The average Bonchev–Trinajstić information content (AvgIpc) is 2.16. The van der Waals surface area contributed by atoms with Gasteiger partial charge < -0.3 is 5.73 Å². The van der Waals surface area contributed by atoms with Gasteiger partial charge in [-0.15, -0.1) is 0 Å². The minimum absolute atomic E-state index is 0.231. The molecule has 1 rings (SSSR count). The van der Waals surface area contributed by atoms with Gasteiger partial charge in [0.1, 0.15) is 6.17 Å². The van der Waals surface area contributed by atoms with Gasteiger partial charge in [0.2, 0.25) is 0 Å². The Morgan fingerprint density at radius 1 is 1.23 bits per heavy atom. The average molecular weight is 181 g/mol. The highest BCUT2D eigenvalue weighted by molar-refractivity contribution is 5.31. The van der Waals surface area contributed by atoms with Gasteiger partial charge in [-0.25, -0.2) is 4.39 Å². The molecule has 0 spiro atoms. The first-order valence-electron chi connectivity index (χ1n) is 4.59. The van der Waals surface area contributed by atoms with Crippen LogP contribution in [0.2, 0.25) is 0 Å². The molecule has 0 fully saturated rings. The van der Waals surface area contributed by atoms with Crippen LogP contribution in [0, 0.1) is 0 Å². The summed E-state index contributed by atoms with van der Waals surface area (Å²) in [7, 11) is 0. The van der Waals surface area contributed by atoms with Gasteiger partial charge >= 0.3 is 0 Å². The van der Waals surface area contributed by atoms with Crippen LogP contribution in [0.25, 0.3) is 0 Å². The van der Waals surface area contributed by atoms with E-state index in [0.717, 1.165) is 11.1 Å². The lowest BCUT2D eigenvalue weighted by atomic mass is 9.94. The van der Waals surface area contributed by atoms with Crippen molar-refractivity contribution in [3.05, 3.63) is 35.4 Å². The van der Waals surface area contributed by atoms with Crippen LogP contribution in [0.1, 0.15) is 37.1 Å². The smallest absolute Gasteiger partial charge is 0.123 e. The Balaban J connectivity index is 3.04. The van der Waals surface area contributed by atoms with Crippen LogP contribution >= 0.6 is 0 Å². The lowest BCUT2D eigenvalue weighted by Crippen LogP contribution is -2.11. The Labute approximate surface area is 78.8 Å². The summed E-state index contributed by atoms with van der Waals surface area (Å²) in [6, 6.07) is 7.56. The van der Waals surface area contributed by atoms with Gasteiger partial charge in [0, 0.05) is 0 Å². The lowest BCUT2D eigenvalue weighted by molar-refractivity contribution is 0.370. The van der Waals surface area contributed by atoms with Crippen molar-refractivity contribution < 1.29 is 4.39 Å². The van der Waals surface area contributed by atoms with Crippen molar-refractivity contribution in [1.29, 1.82) is 0 Å². The summed E-state index contributed by atoms with van der Waals surface area (Å²) in [5, 5.41) is 0. The second-order valence-electron chi connectivity index (χ2n) is 3.38. The van der Waals surface area contributed by atoms with Crippen molar-refractivity contribution in [2.45, 2.75) is 25.9 Å². The van der Waals surface area contributed by atoms with Gasteiger partial charge in [-0.05, 0) is 30.5 Å². The third-order valence-electron chi connectivity index (χ3n) is 2.31. The summed E-state index contributed by atoms with van der Waals surface area (Å²) >= 11 is 0. The van der Waals surface area contributed by atoms with E-state index in [1.165, 1.54) is 0 Å². The largest absolute Gasteiger partial charge is 0.330 e. The van der Waals surface area contributed by atoms with E-state index in [-0.39, 0.29) is 5.92 Å². The van der Waals surface area contributed by atoms with E-state index in [0.29, 0.717) is 6.54 Å². The van der Waals surface area contributed by atoms with Crippen LogP contribution in [0.3, 0.4) is 0 Å². The molecule has 1 aromatic rings. The van der Waals surface area contributed by atoms with Gasteiger partial charge in [0.05, 0.1) is 0 Å². The van der Waals surface area contributed by atoms with Crippen LogP contribution in [0.15, 0.2) is 24.3 Å². The SMILES string of the molecule is CC(F)c1ccccc1C(C)CN. The van der Waals surface area contributed by atoms with Gasteiger partial charge in [0.25, 0.3) is 0 Å². The molecule has 2 N–H and O–H groups in total. The number of rotatable bonds is 3. The maximum atomic E-state index is 13.2. The predicted molar refractivity (Wildman–Crippen MR) is 53.4 cm³/mol. The highest BCUT2D eigenvalue weighted by Crippen LogP contribution is 2.26. The second kappa shape index (κ2) is 4.38. The summed E-state index contributed by atoms with van der Waals surface area (Å²) in [5.41, 5.74) is 7.34. The molecule has 0 aliphatic carbocycles. The molecule has 0 aliphatic rings. The zero-order chi connectivity index (χ0) is 9.84. The summed E-state index contributed by atoms with van der Waals surface area (Å²) in [6.45, 7) is 4.13. The van der Waals surface area contributed by atoms with E-state index in [1.54, 1.807) is 6.92 Å². The zero-order valence-electron chi connectivity index (χ0n) is 8.13. The summed E-state index contributed by atoms with van der Waals surface area (Å²) in [4.78, 5) is 0. The van der Waals surface area contributed by atoms with Gasteiger partial charge in [-0.1, -0.05) is 31.2 Å². The first-order chi connectivity index (χ1) is 6.16. The monoisotopic (exact) mass is 181 g/mol. The van der Waals surface area contributed by atoms with Crippen LogP contribution in [0.4, 0.5) is 4.39 Å². The fourth-order valence-corrected chi connectivity index (χ4v) is 1.45. The van der Waals surface area contributed by atoms with E-state index < -0.39 is 6.17 Å². The van der Waals surface area contributed by atoms with Gasteiger partial charge in [-0.3, -0.25) is 0 Å². The number of nitrogens with two attached hydrogens (primary N) is 1. The lowest BCUT2D eigenvalue weighted by Gasteiger charge is -2.15. The molecule has 0 saturated carbocycles. The number of halogens is 1. The molecular weight excluding hydrogens is 165 g/mol. The summed E-state index contributed by atoms with van der Waals surface area (Å²) in [6.07, 6.45) is -0.912. The molecule has 0 saturated heterocycles. The first-order valence-corrected chi connectivity index (χ1v) is 4.59. The fraction of sp³-hybridized carbons (Fsp3) is 0.455. The number of benzene rings is 1. The molecule has 0 aromatic heterocycles. The highest BCUT2D eigenvalue weighted by atomic mass is 19.1. The van der Waals surface area contributed by atoms with Crippen LogP contribution < -0.4 is 5.73 Å². The molecule has 0 bridgehead atoms. The molecule has 1 aromatic carbocycles. The first kappa shape index (κ1) is 10.2. The number of hydrogen-bond donors (Lipinski definition) is 1. The predicted octanol–water partition coefficient (Wildman–Crippen LogP) is 2.78. The maximum Gasteiger partial charge on any atom is 0.123 e. The Morgan fingerprint density at radius 3 is 2.23 bits per heavy atom. The normalized spacial score (nSPS) is 15.4. The second-order valence-corrected chi connectivity index (χ2v) is 3.38. The molecule has 72 valence electrons. The van der Waals surface area contributed by atoms with Crippen molar-refractivity contribution >= 4 is 0 Å². The molecule has 0 amide bonds. The summed E-state index contributed by atoms with van der Waals surface area (Å²) < 4.78 is 13.2. The number of hydrogen-bond acceptors (Lipinski definition) is 1. The van der Waals surface area contributed by atoms with Crippen LogP contribution in [-0.2, 0) is 0 Å². The Kier molecular flexibility index (Phi) is 3.43. The van der Waals surface area contributed by atoms with Crippen LogP contribution in [-0.4, -0.2) is 6.54 Å². The molecule has 0 heterocycles. The Morgan fingerprint density at radius 2 is 1.77 bits per heavy atom. The van der Waals surface area contributed by atoms with Crippen molar-refractivity contribution in [2.75, 3.05) is 6.54 Å². The molecule has 0 radical (unpaired) electrons. The third-order valence-corrected chi connectivity index (χ3v) is 2.31. The van der Waals surface area contributed by atoms with Gasteiger partial charge in [0.15, 0.2) is 0 Å². The quantitative estimate of drug-likeness (QED) is 0.762. The third kappa shape index (κ3) is 2.28. The van der Waals surface area contributed by atoms with Crippen molar-refractivity contribution in [1.82, 2.24) is 0 Å². The van der Waals surface area contributed by atoms with E-state index in [4.69, 9.17) is 5.73 Å². The number of alkyl halides is 1. The standard InChI is InChI=1S/C11H16FN/c1-8(7-13)10-5-3-4-6-11(10)9(2)12/h3-6,8-9H,7,13H2,1-2H3. The molecule has 13 heavy (non-hydrogen) atoms. The van der Waals surface area contributed by atoms with E-state index in [1.807, 2.05) is 31.2 Å². The fourth-order valence-electron chi connectivity index (χ4n) is 1.45. The zero-order valence-corrected chi connectivity index (χ0v) is 8.13. The maximum absolute atomic E-state index is 13.2. The van der Waals surface area contributed by atoms with E-state index in [2.05, 4.69) is 0 Å². The Hall–Kier alpha value is -0.890. The molecule has 1 nitrogen and oxygen atoms in total. The minimum Gasteiger partial charge on any atom is -0.330 e. The van der Waals surface area contributed by atoms with Crippen molar-refractivity contribution in [2.24, 2.45) is 5.73 Å². The molecule has 2 atom stereocenters. The van der Waals surface area contributed by atoms with Crippen molar-refractivity contribution in [3.8, 4) is 0 Å². The molecule has 0 aliphatic heterocycles. The minimum atomic E-state index is -0.912. The molecule has 2 heteroatoms. The van der Waals surface area contributed by atoms with E-state index >= 15 is 0 Å². The highest BCUT2D eigenvalue weighted by Gasteiger charge is 2.12. The van der Waals surface area contributed by atoms with Gasteiger partial charge in [-0.2, -0.15) is 0 Å². The summed E-state index contributed by atoms with van der Waals surface area (Å²) in [5.74, 6) is 0.231. The topological polar surface area (TPSA) is 26.0 Å². The molecular formula is C11H16FN. The Bertz CT molecular complexity index is 271. The van der Waals surface area contributed by atoms with Crippen molar-refractivity contribution in [3.63, 3.8) is 0 Å².